The van der Waals surface area contributed by atoms with Crippen molar-refractivity contribution in [1.29, 1.82) is 0 Å². The van der Waals surface area contributed by atoms with Crippen molar-refractivity contribution in [2.45, 2.75) is 0 Å². The van der Waals surface area contributed by atoms with Crippen LogP contribution in [-0.4, -0.2) is 0 Å². The lowest BCUT2D eigenvalue weighted by Gasteiger charge is -2.27. The number of hydrogen-bond donors (Lipinski definition) is 0. The fourth-order valence-electron chi connectivity index (χ4n) is 22.4. The predicted octanol–water partition coefficient (Wildman–Crippen LogP) is 42.8. The molecule has 0 spiro atoms. The Labute approximate surface area is 883 Å². The van der Waals surface area contributed by atoms with Crippen molar-refractivity contribution >= 4 is 210 Å². The van der Waals surface area contributed by atoms with Crippen LogP contribution in [0.2, 0.25) is 0 Å². The topological polar surface area (TPSA) is 9.72 Å². The molecule has 0 fully saturated rings. The van der Waals surface area contributed by atoms with Gasteiger partial charge in [0.1, 0.15) is 0 Å². The molecule has 26 aromatic carbocycles. The Bertz CT molecular complexity index is 10100. The molecule has 0 atom stereocenters. The van der Waals surface area contributed by atoms with Crippen molar-refractivity contribution in [1.82, 2.24) is 0 Å². The van der Waals surface area contributed by atoms with E-state index < -0.39 is 0 Å². The van der Waals surface area contributed by atoms with E-state index in [2.05, 4.69) is 591 Å². The van der Waals surface area contributed by atoms with Gasteiger partial charge >= 0.3 is 0 Å². The quantitative estimate of drug-likeness (QED) is 0.0842. The number of nitrogens with zero attached hydrogens (tertiary/aromatic N) is 3. The molecule has 29 rings (SSSR count). The fourth-order valence-corrected chi connectivity index (χ4v) is 25.8. The molecule has 150 heavy (non-hydrogen) atoms. The third-order valence-corrected chi connectivity index (χ3v) is 33.0. The predicted molar refractivity (Wildman–Crippen MR) is 651 cm³/mol. The average molecular weight is 1960 g/mol. The van der Waals surface area contributed by atoms with Crippen molar-refractivity contribution in [2.24, 2.45) is 0 Å². The highest BCUT2D eigenvalue weighted by molar-refractivity contribution is 7.26. The molecule has 6 heteroatoms. The summed E-state index contributed by atoms with van der Waals surface area (Å²) in [5, 5.41) is 23.2. The summed E-state index contributed by atoms with van der Waals surface area (Å²) in [4.78, 5) is 7.19. The van der Waals surface area contributed by atoms with E-state index in [4.69, 9.17) is 0 Å². The van der Waals surface area contributed by atoms with Gasteiger partial charge in [0.2, 0.25) is 0 Å². The number of hydrogen-bond acceptors (Lipinski definition) is 6. The molecule has 0 N–H and O–H groups in total. The second-order valence-electron chi connectivity index (χ2n) is 38.4. The summed E-state index contributed by atoms with van der Waals surface area (Å²) in [7, 11) is 0. The van der Waals surface area contributed by atoms with E-state index in [1.54, 1.807) is 0 Å². The summed E-state index contributed by atoms with van der Waals surface area (Å²) in [5.41, 5.74) is 29.6. The molecule has 3 heterocycles. The maximum atomic E-state index is 2.41. The van der Waals surface area contributed by atoms with Crippen LogP contribution in [0.5, 0.6) is 0 Å². The largest absolute Gasteiger partial charge is 0.310 e. The lowest BCUT2D eigenvalue weighted by Crippen LogP contribution is -2.10. The highest BCUT2D eigenvalue weighted by atomic mass is 32.1. The third kappa shape index (κ3) is 17.1. The first-order valence-electron chi connectivity index (χ1n) is 51.2. The number of benzene rings is 26. The van der Waals surface area contributed by atoms with Gasteiger partial charge < -0.3 is 14.7 Å². The summed E-state index contributed by atoms with van der Waals surface area (Å²) in [6.45, 7) is 0. The van der Waals surface area contributed by atoms with Gasteiger partial charge in [-0.2, -0.15) is 0 Å². The van der Waals surface area contributed by atoms with Gasteiger partial charge in [0, 0.05) is 112 Å². The van der Waals surface area contributed by atoms with E-state index in [9.17, 15) is 0 Å². The molecule has 0 aliphatic heterocycles. The summed E-state index contributed by atoms with van der Waals surface area (Å²) in [6.07, 6.45) is 0. The summed E-state index contributed by atoms with van der Waals surface area (Å²) < 4.78 is 7.81. The Morgan fingerprint density at radius 3 is 0.680 bits per heavy atom. The highest BCUT2D eigenvalue weighted by Crippen LogP contribution is 2.51. The van der Waals surface area contributed by atoms with Gasteiger partial charge in [-0.3, -0.25) is 0 Å². The minimum atomic E-state index is 1.11. The van der Waals surface area contributed by atoms with Gasteiger partial charge in [0.25, 0.3) is 0 Å². The monoisotopic (exact) mass is 1960 g/mol. The van der Waals surface area contributed by atoms with Crippen molar-refractivity contribution in [3.05, 3.63) is 576 Å². The lowest BCUT2D eigenvalue weighted by molar-refractivity contribution is 1.29. The van der Waals surface area contributed by atoms with Crippen LogP contribution in [0, 0.1) is 0 Å². The molecule has 29 aromatic rings. The summed E-state index contributed by atoms with van der Waals surface area (Å²) >= 11 is 5.57. The first kappa shape index (κ1) is 90.1. The zero-order valence-corrected chi connectivity index (χ0v) is 84.4. The van der Waals surface area contributed by atoms with Crippen molar-refractivity contribution in [3.63, 3.8) is 0 Å². The maximum absolute atomic E-state index is 2.41. The van der Waals surface area contributed by atoms with Crippen LogP contribution >= 0.6 is 34.0 Å². The second kappa shape index (κ2) is 39.4. The van der Waals surface area contributed by atoms with Crippen LogP contribution in [0.3, 0.4) is 0 Å². The van der Waals surface area contributed by atoms with Crippen molar-refractivity contribution in [3.8, 4) is 89.0 Å². The first-order valence-corrected chi connectivity index (χ1v) is 53.6. The molecule has 0 saturated heterocycles. The average Bonchev–Trinajstić information content (AvgIpc) is 1.17. The molecule has 0 saturated carbocycles. The SMILES string of the molecule is c1ccc(-c2ccc(N(c3ccc(-c4cc5ccccc5c5ccccc45)cc3)c3ccc4c(c3)sc3ccccc34)cc2-c2ccccc2)cc1.c1ccc(-c2cccc(N(c3ccc(-c4cc5ccccc5c5ccccc45)cc3)c3ccc4c(c3)sc3ccccc34)c2)cc1.c1ccc(-c2ccccc2-c2ccc(N(c3ccc(-c4cc5ccccc5c5ccccc45)cc3)c3ccc4c(c3)sc3ccccc34)cc2)cc1. The van der Waals surface area contributed by atoms with E-state index in [-0.39, 0.29) is 0 Å². The van der Waals surface area contributed by atoms with Gasteiger partial charge in [-0.25, -0.2) is 0 Å². The van der Waals surface area contributed by atoms with Crippen molar-refractivity contribution in [2.75, 3.05) is 14.7 Å². The molecular formula is C144H95N3S3. The number of anilines is 9. The second-order valence-corrected chi connectivity index (χ2v) is 41.6. The van der Waals surface area contributed by atoms with Gasteiger partial charge in [-0.05, 0) is 299 Å². The zero-order chi connectivity index (χ0) is 99.3. The van der Waals surface area contributed by atoms with Gasteiger partial charge in [-0.1, -0.05) is 431 Å². The minimum absolute atomic E-state index is 1.11. The van der Waals surface area contributed by atoms with Crippen LogP contribution in [0.25, 0.3) is 214 Å². The molecule has 0 bridgehead atoms. The summed E-state index contributed by atoms with van der Waals surface area (Å²) in [5.74, 6) is 0. The van der Waals surface area contributed by atoms with Crippen LogP contribution in [0.4, 0.5) is 51.2 Å². The normalized spacial score (nSPS) is 11.5. The molecule has 704 valence electrons. The molecule has 0 aliphatic rings. The van der Waals surface area contributed by atoms with Gasteiger partial charge in [-0.15, -0.1) is 34.0 Å². The van der Waals surface area contributed by atoms with E-state index in [0.29, 0.717) is 0 Å². The Balaban J connectivity index is 0.000000111. The molecule has 3 aromatic heterocycles. The van der Waals surface area contributed by atoms with Crippen LogP contribution < -0.4 is 14.7 Å². The Hall–Kier alpha value is -18.7. The van der Waals surface area contributed by atoms with Crippen LogP contribution in [0.1, 0.15) is 0 Å². The van der Waals surface area contributed by atoms with E-state index in [0.717, 1.165) is 51.2 Å². The highest BCUT2D eigenvalue weighted by Gasteiger charge is 2.25. The van der Waals surface area contributed by atoms with E-state index in [1.807, 2.05) is 34.0 Å². The Kier molecular flexibility index (Phi) is 23.7. The smallest absolute Gasteiger partial charge is 0.0476 e. The lowest BCUT2D eigenvalue weighted by atomic mass is 9.93. The number of fused-ring (bicyclic) bond motifs is 18. The number of thiophene rings is 3. The first-order chi connectivity index (χ1) is 74.4. The molecular weight excluding hydrogens is 1870 g/mol. The zero-order valence-electron chi connectivity index (χ0n) is 81.9. The van der Waals surface area contributed by atoms with E-state index >= 15 is 0 Å². The minimum Gasteiger partial charge on any atom is -0.310 e. The Morgan fingerprint density at radius 2 is 0.327 bits per heavy atom. The van der Waals surface area contributed by atoms with Crippen LogP contribution in [-0.2, 0) is 0 Å². The maximum Gasteiger partial charge on any atom is 0.0476 e. The molecule has 0 amide bonds. The number of rotatable bonds is 17. The van der Waals surface area contributed by atoms with Crippen LogP contribution in [0.15, 0.2) is 576 Å². The summed E-state index contributed by atoms with van der Waals surface area (Å²) in [6, 6.07) is 210. The Morgan fingerprint density at radius 1 is 0.100 bits per heavy atom. The standard InChI is InChI=1S/2C50H33NS.C44H29NS/c1-3-13-34(14-4-1)42-29-27-39(32-48(42)35-15-5-2-6-16-35)51(40-28-30-46-45-21-11-12-22-49(45)52-50(46)33-40)38-25-23-36(24-26-38)47-31-37-17-7-8-18-41(37)43-19-9-10-20-44(43)47;1-2-12-34(13-3-1)41-15-6-7-16-42(41)35-22-26-38(27-23-35)51(40-30-31-47-46-20-10-11-21-49(46)52-50(47)33-40)39-28-24-36(25-29-39)48-32-37-14-4-5-17-43(37)44-18-8-9-19-45(44)48;1-2-11-30(12-3-1)32-14-10-15-35(27-32)45(36-25-26-41-40-19-8-9-20-43(40)46-44(41)29-36)34-23-21-31(22-24-34)42-28-33-13-4-5-16-37(33)38-17-6-7-18-39(38)42/h2*1-33H;1-29H. The van der Waals surface area contributed by atoms with Gasteiger partial charge in [0.05, 0.1) is 0 Å². The van der Waals surface area contributed by atoms with Gasteiger partial charge in [0.15, 0.2) is 0 Å². The van der Waals surface area contributed by atoms with E-state index in [1.165, 1.54) is 214 Å². The molecule has 0 aliphatic carbocycles. The fraction of sp³-hybridized carbons (Fsp3) is 0. The molecule has 0 unspecified atom stereocenters. The molecule has 0 radical (unpaired) electrons. The van der Waals surface area contributed by atoms with Crippen molar-refractivity contribution < 1.29 is 0 Å². The third-order valence-electron chi connectivity index (χ3n) is 29.6. The molecule has 3 nitrogen and oxygen atoms in total.